The van der Waals surface area contributed by atoms with Gasteiger partial charge in [-0.1, -0.05) is 11.6 Å². The number of carbonyl (C=O) groups excluding carboxylic acids is 2. The molecule has 1 fully saturated rings. The molecule has 1 N–H and O–H groups in total. The molecule has 1 aliphatic heterocycles. The summed E-state index contributed by atoms with van der Waals surface area (Å²) in [4.78, 5) is 28.0. The summed E-state index contributed by atoms with van der Waals surface area (Å²) in [6.45, 7) is 1.87. The van der Waals surface area contributed by atoms with E-state index in [1.54, 1.807) is 29.2 Å². The van der Waals surface area contributed by atoms with Crippen LogP contribution in [0.2, 0.25) is 5.02 Å². The summed E-state index contributed by atoms with van der Waals surface area (Å²) in [6, 6.07) is 7.09. The van der Waals surface area contributed by atoms with Gasteiger partial charge in [0.1, 0.15) is 5.92 Å². The van der Waals surface area contributed by atoms with Gasteiger partial charge in [0.15, 0.2) is 0 Å². The number of likely N-dealkylation sites (N-methyl/N-ethyl adjacent to an activating group) is 1. The van der Waals surface area contributed by atoms with E-state index >= 15 is 0 Å². The first-order chi connectivity index (χ1) is 9.99. The van der Waals surface area contributed by atoms with Crippen LogP contribution < -0.4 is 10.2 Å². The molecule has 0 aromatic heterocycles. The molecule has 2 rings (SSSR count). The maximum absolute atomic E-state index is 12.4. The third kappa shape index (κ3) is 3.95. The second-order valence-corrected chi connectivity index (χ2v) is 5.84. The molecule has 1 atom stereocenters. The van der Waals surface area contributed by atoms with Crippen molar-refractivity contribution in [3.63, 3.8) is 0 Å². The van der Waals surface area contributed by atoms with Gasteiger partial charge in [-0.3, -0.25) is 9.59 Å². The number of hydrogen-bond acceptors (Lipinski definition) is 3. The molecule has 21 heavy (non-hydrogen) atoms. The molecular formula is C15H20ClN3O2. The van der Waals surface area contributed by atoms with E-state index in [0.29, 0.717) is 24.5 Å². The van der Waals surface area contributed by atoms with Crippen LogP contribution in [0.4, 0.5) is 5.69 Å². The van der Waals surface area contributed by atoms with Crippen LogP contribution >= 0.6 is 11.6 Å². The molecule has 1 aromatic carbocycles. The summed E-state index contributed by atoms with van der Waals surface area (Å²) < 4.78 is 0. The fourth-order valence-corrected chi connectivity index (χ4v) is 2.45. The molecule has 0 saturated carbocycles. The number of nitrogens with one attached hydrogen (secondary N) is 1. The first-order valence-corrected chi connectivity index (χ1v) is 7.36. The van der Waals surface area contributed by atoms with Crippen LogP contribution in [-0.2, 0) is 9.59 Å². The van der Waals surface area contributed by atoms with Gasteiger partial charge in [0.05, 0.1) is 0 Å². The lowest BCUT2D eigenvalue weighted by Crippen LogP contribution is -2.39. The molecule has 1 saturated heterocycles. The van der Waals surface area contributed by atoms with Crippen LogP contribution in [0.1, 0.15) is 6.42 Å². The van der Waals surface area contributed by atoms with Crippen molar-refractivity contribution in [1.82, 2.24) is 10.2 Å². The van der Waals surface area contributed by atoms with Gasteiger partial charge < -0.3 is 15.1 Å². The number of nitrogens with zero attached hydrogens (tertiary/aromatic N) is 2. The second kappa shape index (κ2) is 6.91. The first kappa shape index (κ1) is 15.8. The third-order valence-electron chi connectivity index (χ3n) is 3.52. The largest absolute Gasteiger partial charge is 0.354 e. The standard InChI is InChI=1S/C15H20ClN3O2/c1-18(2)10-8-17-14(20)13-7-9-19(15(13)21)12-5-3-11(16)4-6-12/h3-6,13H,7-10H2,1-2H3,(H,17,20). The fourth-order valence-electron chi connectivity index (χ4n) is 2.33. The van der Waals surface area contributed by atoms with Gasteiger partial charge in [-0.05, 0) is 44.8 Å². The highest BCUT2D eigenvalue weighted by atomic mass is 35.5. The zero-order valence-corrected chi connectivity index (χ0v) is 13.1. The van der Waals surface area contributed by atoms with Gasteiger partial charge >= 0.3 is 0 Å². The predicted molar refractivity (Wildman–Crippen MR) is 83.5 cm³/mol. The number of anilines is 1. The van der Waals surface area contributed by atoms with Crippen molar-refractivity contribution in [2.75, 3.05) is 38.6 Å². The first-order valence-electron chi connectivity index (χ1n) is 6.98. The van der Waals surface area contributed by atoms with Crippen molar-refractivity contribution in [1.29, 1.82) is 0 Å². The molecule has 1 unspecified atom stereocenters. The Kier molecular flexibility index (Phi) is 5.20. The number of amides is 2. The summed E-state index contributed by atoms with van der Waals surface area (Å²) in [7, 11) is 3.88. The van der Waals surface area contributed by atoms with E-state index in [4.69, 9.17) is 11.6 Å². The van der Waals surface area contributed by atoms with E-state index in [9.17, 15) is 9.59 Å². The monoisotopic (exact) mass is 309 g/mol. The molecule has 2 amide bonds. The SMILES string of the molecule is CN(C)CCNC(=O)C1CCN(c2ccc(Cl)cc2)C1=O. The average molecular weight is 310 g/mol. The zero-order valence-electron chi connectivity index (χ0n) is 12.3. The maximum Gasteiger partial charge on any atom is 0.239 e. The van der Waals surface area contributed by atoms with Gasteiger partial charge in [-0.15, -0.1) is 0 Å². The Morgan fingerprint density at radius 1 is 1.38 bits per heavy atom. The number of benzene rings is 1. The van der Waals surface area contributed by atoms with E-state index in [-0.39, 0.29) is 11.8 Å². The number of hydrogen-bond donors (Lipinski definition) is 1. The van der Waals surface area contributed by atoms with Crippen LogP contribution in [0.3, 0.4) is 0 Å². The summed E-state index contributed by atoms with van der Waals surface area (Å²) in [5, 5.41) is 3.45. The summed E-state index contributed by atoms with van der Waals surface area (Å²) >= 11 is 5.85. The molecule has 6 heteroatoms. The smallest absolute Gasteiger partial charge is 0.239 e. The minimum Gasteiger partial charge on any atom is -0.354 e. The van der Waals surface area contributed by atoms with E-state index in [0.717, 1.165) is 12.2 Å². The Morgan fingerprint density at radius 2 is 2.05 bits per heavy atom. The van der Waals surface area contributed by atoms with Gasteiger partial charge in [0.25, 0.3) is 0 Å². The van der Waals surface area contributed by atoms with E-state index in [1.165, 1.54) is 0 Å². The topological polar surface area (TPSA) is 52.7 Å². The van der Waals surface area contributed by atoms with Crippen molar-refractivity contribution in [2.24, 2.45) is 5.92 Å². The van der Waals surface area contributed by atoms with Gasteiger partial charge in [-0.2, -0.15) is 0 Å². The molecule has 0 bridgehead atoms. The molecule has 1 aliphatic rings. The quantitative estimate of drug-likeness (QED) is 0.836. The molecule has 5 nitrogen and oxygen atoms in total. The lowest BCUT2D eigenvalue weighted by molar-refractivity contribution is -0.132. The predicted octanol–water partition coefficient (Wildman–Crippen LogP) is 1.37. The van der Waals surface area contributed by atoms with Crippen molar-refractivity contribution in [3.05, 3.63) is 29.3 Å². The van der Waals surface area contributed by atoms with Crippen LogP contribution in [0.25, 0.3) is 0 Å². The Morgan fingerprint density at radius 3 is 2.67 bits per heavy atom. The van der Waals surface area contributed by atoms with Gasteiger partial charge in [0, 0.05) is 30.3 Å². The van der Waals surface area contributed by atoms with Crippen LogP contribution in [-0.4, -0.2) is 50.4 Å². The van der Waals surface area contributed by atoms with E-state index in [1.807, 2.05) is 19.0 Å². The second-order valence-electron chi connectivity index (χ2n) is 5.40. The van der Waals surface area contributed by atoms with Crippen molar-refractivity contribution in [2.45, 2.75) is 6.42 Å². The van der Waals surface area contributed by atoms with Gasteiger partial charge in [-0.25, -0.2) is 0 Å². The maximum atomic E-state index is 12.4. The zero-order chi connectivity index (χ0) is 15.4. The van der Waals surface area contributed by atoms with Crippen LogP contribution in [0.15, 0.2) is 24.3 Å². The van der Waals surface area contributed by atoms with Crippen molar-refractivity contribution >= 4 is 29.1 Å². The highest BCUT2D eigenvalue weighted by molar-refractivity contribution is 6.30. The highest BCUT2D eigenvalue weighted by Crippen LogP contribution is 2.26. The Hall–Kier alpha value is -1.59. The molecule has 1 heterocycles. The fraction of sp³-hybridized carbons (Fsp3) is 0.467. The molecule has 0 radical (unpaired) electrons. The highest BCUT2D eigenvalue weighted by Gasteiger charge is 2.37. The summed E-state index contributed by atoms with van der Waals surface area (Å²) in [6.07, 6.45) is 0.551. The Balaban J connectivity index is 1.94. The van der Waals surface area contributed by atoms with Crippen molar-refractivity contribution < 1.29 is 9.59 Å². The van der Waals surface area contributed by atoms with E-state index in [2.05, 4.69) is 5.32 Å². The number of rotatable bonds is 5. The third-order valence-corrected chi connectivity index (χ3v) is 3.77. The summed E-state index contributed by atoms with van der Waals surface area (Å²) in [5.74, 6) is -0.902. The lowest BCUT2D eigenvalue weighted by atomic mass is 10.1. The lowest BCUT2D eigenvalue weighted by Gasteiger charge is -2.17. The van der Waals surface area contributed by atoms with Crippen LogP contribution in [0, 0.1) is 5.92 Å². The Bertz CT molecular complexity index is 516. The van der Waals surface area contributed by atoms with Gasteiger partial charge in [0.2, 0.25) is 11.8 Å². The summed E-state index contributed by atoms with van der Waals surface area (Å²) in [5.41, 5.74) is 0.785. The molecule has 0 spiro atoms. The van der Waals surface area contributed by atoms with Crippen molar-refractivity contribution in [3.8, 4) is 0 Å². The van der Waals surface area contributed by atoms with Crippen LogP contribution in [0.5, 0.6) is 0 Å². The average Bonchev–Trinajstić information content (AvgIpc) is 2.81. The molecular weight excluding hydrogens is 290 g/mol. The molecule has 0 aliphatic carbocycles. The molecule has 1 aromatic rings. The minimum atomic E-state index is -0.581. The normalized spacial score (nSPS) is 18.4. The molecule has 114 valence electrons. The number of halogens is 1. The minimum absolute atomic E-state index is 0.139. The number of carbonyl (C=O) groups is 2. The van der Waals surface area contributed by atoms with E-state index < -0.39 is 5.92 Å². The Labute approximate surface area is 129 Å².